The van der Waals surface area contributed by atoms with Crippen LogP contribution in [0.1, 0.15) is 44.0 Å². The molecule has 2 atom stereocenters. The van der Waals surface area contributed by atoms with Crippen LogP contribution in [0.4, 0.5) is 0 Å². The second-order valence-electron chi connectivity index (χ2n) is 4.82. The molecular formula is C16H23NO4. The van der Waals surface area contributed by atoms with Gasteiger partial charge >= 0.3 is 5.97 Å². The Morgan fingerprint density at radius 2 is 1.86 bits per heavy atom. The topological polar surface area (TPSA) is 66.8 Å². The summed E-state index contributed by atoms with van der Waals surface area (Å²) in [7, 11) is 0. The fourth-order valence-electron chi connectivity index (χ4n) is 2.02. The van der Waals surface area contributed by atoms with Crippen molar-refractivity contribution in [2.24, 2.45) is 0 Å². The molecule has 2 unspecified atom stereocenters. The van der Waals surface area contributed by atoms with Crippen LogP contribution in [0.5, 0.6) is 0 Å². The third kappa shape index (κ3) is 5.19. The Morgan fingerprint density at radius 1 is 1.24 bits per heavy atom. The minimum Gasteiger partial charge on any atom is -0.458 e. The number of carbonyl (C=O) groups excluding carboxylic acids is 2. The first-order valence-corrected chi connectivity index (χ1v) is 7.23. The summed E-state index contributed by atoms with van der Waals surface area (Å²) in [4.78, 5) is 25.4. The van der Waals surface area contributed by atoms with Gasteiger partial charge in [-0.25, -0.2) is 4.79 Å². The van der Waals surface area contributed by atoms with Gasteiger partial charge in [0, 0.05) is 6.54 Å². The van der Waals surface area contributed by atoms with Crippen LogP contribution in [0.3, 0.4) is 0 Å². The SMILES string of the molecule is CCC(CC(=O)N(CC)C(C)O)OC(=O)c1ccccc1. The average Bonchev–Trinajstić information content (AvgIpc) is 2.47. The molecule has 0 fully saturated rings. The van der Waals surface area contributed by atoms with E-state index in [1.165, 1.54) is 4.90 Å². The predicted molar refractivity (Wildman–Crippen MR) is 79.6 cm³/mol. The molecule has 116 valence electrons. The molecule has 0 saturated heterocycles. The number of aliphatic hydroxyl groups excluding tert-OH is 1. The highest BCUT2D eigenvalue weighted by molar-refractivity contribution is 5.89. The lowest BCUT2D eigenvalue weighted by Crippen LogP contribution is -2.40. The summed E-state index contributed by atoms with van der Waals surface area (Å²) in [5, 5.41) is 9.53. The summed E-state index contributed by atoms with van der Waals surface area (Å²) in [6.45, 7) is 5.61. The average molecular weight is 293 g/mol. The van der Waals surface area contributed by atoms with Gasteiger partial charge in [-0.15, -0.1) is 0 Å². The predicted octanol–water partition coefficient (Wildman–Crippen LogP) is 2.20. The van der Waals surface area contributed by atoms with Crippen molar-refractivity contribution in [2.75, 3.05) is 6.54 Å². The van der Waals surface area contributed by atoms with Crippen LogP contribution in [-0.4, -0.2) is 40.8 Å². The maximum absolute atomic E-state index is 12.1. The molecule has 0 bridgehead atoms. The summed E-state index contributed by atoms with van der Waals surface area (Å²) < 4.78 is 5.36. The van der Waals surface area contributed by atoms with Crippen molar-refractivity contribution in [3.8, 4) is 0 Å². The number of hydrogen-bond acceptors (Lipinski definition) is 4. The molecule has 1 amide bonds. The van der Waals surface area contributed by atoms with Gasteiger partial charge in [-0.1, -0.05) is 25.1 Å². The van der Waals surface area contributed by atoms with Crippen molar-refractivity contribution in [1.82, 2.24) is 4.90 Å². The zero-order valence-corrected chi connectivity index (χ0v) is 12.8. The van der Waals surface area contributed by atoms with Crippen LogP contribution >= 0.6 is 0 Å². The molecule has 0 aromatic heterocycles. The van der Waals surface area contributed by atoms with E-state index in [1.807, 2.05) is 13.0 Å². The second-order valence-corrected chi connectivity index (χ2v) is 4.82. The molecule has 5 nitrogen and oxygen atoms in total. The van der Waals surface area contributed by atoms with Gasteiger partial charge < -0.3 is 14.7 Å². The van der Waals surface area contributed by atoms with E-state index in [0.717, 1.165) is 0 Å². The Morgan fingerprint density at radius 3 is 2.33 bits per heavy atom. The number of esters is 1. The van der Waals surface area contributed by atoms with Crippen molar-refractivity contribution in [3.05, 3.63) is 35.9 Å². The van der Waals surface area contributed by atoms with Gasteiger partial charge in [-0.3, -0.25) is 4.79 Å². The monoisotopic (exact) mass is 293 g/mol. The van der Waals surface area contributed by atoms with E-state index in [2.05, 4.69) is 0 Å². The van der Waals surface area contributed by atoms with Gasteiger partial charge in [0.1, 0.15) is 12.3 Å². The normalized spacial score (nSPS) is 13.3. The zero-order valence-electron chi connectivity index (χ0n) is 12.8. The fourth-order valence-corrected chi connectivity index (χ4v) is 2.02. The first-order valence-electron chi connectivity index (χ1n) is 7.23. The first kappa shape index (κ1) is 17.2. The van der Waals surface area contributed by atoms with Crippen LogP contribution in [0.2, 0.25) is 0 Å². The van der Waals surface area contributed by atoms with Crippen LogP contribution in [0.25, 0.3) is 0 Å². The third-order valence-electron chi connectivity index (χ3n) is 3.25. The largest absolute Gasteiger partial charge is 0.458 e. The van der Waals surface area contributed by atoms with Crippen molar-refractivity contribution >= 4 is 11.9 Å². The summed E-state index contributed by atoms with van der Waals surface area (Å²) in [5.41, 5.74) is 0.464. The van der Waals surface area contributed by atoms with Crippen molar-refractivity contribution in [3.63, 3.8) is 0 Å². The van der Waals surface area contributed by atoms with E-state index < -0.39 is 18.3 Å². The molecule has 1 aromatic rings. The zero-order chi connectivity index (χ0) is 15.8. The van der Waals surface area contributed by atoms with E-state index >= 15 is 0 Å². The number of nitrogens with zero attached hydrogens (tertiary/aromatic N) is 1. The Bertz CT molecular complexity index is 459. The lowest BCUT2D eigenvalue weighted by atomic mass is 10.1. The quantitative estimate of drug-likeness (QED) is 0.618. The minimum atomic E-state index is -0.843. The van der Waals surface area contributed by atoms with Gasteiger partial charge in [0.15, 0.2) is 0 Å². The molecule has 1 aromatic carbocycles. The molecule has 5 heteroatoms. The van der Waals surface area contributed by atoms with Crippen LogP contribution in [0.15, 0.2) is 30.3 Å². The van der Waals surface area contributed by atoms with Crippen LogP contribution in [0, 0.1) is 0 Å². The molecule has 21 heavy (non-hydrogen) atoms. The van der Waals surface area contributed by atoms with Gasteiger partial charge in [0.25, 0.3) is 0 Å². The maximum Gasteiger partial charge on any atom is 0.338 e. The fraction of sp³-hybridized carbons (Fsp3) is 0.500. The number of benzene rings is 1. The molecule has 0 radical (unpaired) electrons. The third-order valence-corrected chi connectivity index (χ3v) is 3.25. The Hall–Kier alpha value is -1.88. The molecule has 1 rings (SSSR count). The molecule has 0 aliphatic carbocycles. The molecule has 1 N–H and O–H groups in total. The van der Waals surface area contributed by atoms with Crippen molar-refractivity contribution in [2.45, 2.75) is 45.9 Å². The highest BCUT2D eigenvalue weighted by atomic mass is 16.5. The highest BCUT2D eigenvalue weighted by Gasteiger charge is 2.22. The second kappa shape index (κ2) is 8.42. The highest BCUT2D eigenvalue weighted by Crippen LogP contribution is 2.12. The minimum absolute atomic E-state index is 0.0772. The summed E-state index contributed by atoms with van der Waals surface area (Å²) in [6, 6.07) is 8.68. The lowest BCUT2D eigenvalue weighted by Gasteiger charge is -2.26. The van der Waals surface area contributed by atoms with Gasteiger partial charge in [-0.05, 0) is 32.4 Å². The van der Waals surface area contributed by atoms with Crippen molar-refractivity contribution in [1.29, 1.82) is 0 Å². The van der Waals surface area contributed by atoms with Gasteiger partial charge in [0.05, 0.1) is 12.0 Å². The number of rotatable bonds is 7. The Labute approximate surface area is 125 Å². The van der Waals surface area contributed by atoms with E-state index in [0.29, 0.717) is 18.5 Å². The van der Waals surface area contributed by atoms with Gasteiger partial charge in [0.2, 0.25) is 5.91 Å². The Balaban J connectivity index is 2.63. The summed E-state index contributed by atoms with van der Waals surface area (Å²) in [5.74, 6) is -0.657. The van der Waals surface area contributed by atoms with E-state index in [1.54, 1.807) is 38.1 Å². The standard InChI is InChI=1S/C16H23NO4/c1-4-14(11-15(19)17(5-2)12(3)18)21-16(20)13-9-7-6-8-10-13/h6-10,12,14,18H,4-5,11H2,1-3H3. The van der Waals surface area contributed by atoms with E-state index in [9.17, 15) is 14.7 Å². The number of hydrogen-bond donors (Lipinski definition) is 1. The molecule has 0 aliphatic heterocycles. The molecule has 0 saturated carbocycles. The molecular weight excluding hydrogens is 270 g/mol. The van der Waals surface area contributed by atoms with E-state index in [4.69, 9.17) is 4.74 Å². The molecule has 0 aliphatic rings. The smallest absolute Gasteiger partial charge is 0.338 e. The van der Waals surface area contributed by atoms with Gasteiger partial charge in [-0.2, -0.15) is 0 Å². The summed E-state index contributed by atoms with van der Waals surface area (Å²) in [6.07, 6.45) is -0.710. The lowest BCUT2D eigenvalue weighted by molar-refractivity contribution is -0.141. The maximum atomic E-state index is 12.1. The van der Waals surface area contributed by atoms with E-state index in [-0.39, 0.29) is 12.3 Å². The molecule has 0 spiro atoms. The number of aliphatic hydroxyl groups is 1. The number of carbonyl (C=O) groups is 2. The first-order chi connectivity index (χ1) is 9.99. The van der Waals surface area contributed by atoms with Crippen molar-refractivity contribution < 1.29 is 19.4 Å². The Kier molecular flexibility index (Phi) is 6.88. The number of amides is 1. The van der Waals surface area contributed by atoms with Crippen LogP contribution < -0.4 is 0 Å². The van der Waals surface area contributed by atoms with Crippen LogP contribution in [-0.2, 0) is 9.53 Å². The summed E-state index contributed by atoms with van der Waals surface area (Å²) >= 11 is 0. The molecule has 0 heterocycles. The number of ether oxygens (including phenoxy) is 1.